The Morgan fingerprint density at radius 3 is 2.43 bits per heavy atom. The van der Waals surface area contributed by atoms with Crippen LogP contribution in [0, 0.1) is 6.92 Å². The molecule has 0 aliphatic carbocycles. The zero-order valence-electron chi connectivity index (χ0n) is 25.8. The van der Waals surface area contributed by atoms with Crippen molar-refractivity contribution >= 4 is 28.1 Å². The van der Waals surface area contributed by atoms with Crippen molar-refractivity contribution in [2.24, 2.45) is 0 Å². The second kappa shape index (κ2) is 12.5. The molecule has 5 aromatic rings. The number of aromatic nitrogens is 1. The standard InChI is InChI=1S/C37H36N2O5/c1-8-32(42-7)23(5)27-17-26-11-9-10-12-28(26)33(18-27)43-34-20-31(41)29(21(2)3)19-30(34)36-35(25-15-13-22(4)14-16-25)37(44-39-36)38-24(6)40/h8-21,41H,5H2,1-4,6-7H3,(H,38,40). The molecule has 1 aromatic heterocycles. The minimum Gasteiger partial charge on any atom is -0.508 e. The Hall–Kier alpha value is -5.30. The van der Waals surface area contributed by atoms with E-state index in [2.05, 4.69) is 17.1 Å². The van der Waals surface area contributed by atoms with Crippen LogP contribution in [0.1, 0.15) is 50.3 Å². The van der Waals surface area contributed by atoms with Crippen LogP contribution in [-0.2, 0) is 9.53 Å². The number of benzene rings is 4. The third kappa shape index (κ3) is 5.95. The van der Waals surface area contributed by atoms with Gasteiger partial charge in [-0.25, -0.2) is 0 Å². The Morgan fingerprint density at radius 2 is 1.77 bits per heavy atom. The molecule has 0 spiro atoms. The van der Waals surface area contributed by atoms with Crippen LogP contribution in [-0.4, -0.2) is 23.3 Å². The summed E-state index contributed by atoms with van der Waals surface area (Å²) in [5.74, 6) is 1.63. The second-order valence-corrected chi connectivity index (χ2v) is 11.0. The van der Waals surface area contributed by atoms with Crippen molar-refractivity contribution in [3.63, 3.8) is 0 Å². The number of aromatic hydroxyl groups is 1. The fourth-order valence-corrected chi connectivity index (χ4v) is 5.24. The first-order valence-corrected chi connectivity index (χ1v) is 14.4. The molecule has 44 heavy (non-hydrogen) atoms. The first-order valence-electron chi connectivity index (χ1n) is 14.4. The summed E-state index contributed by atoms with van der Waals surface area (Å²) in [6, 6.07) is 23.2. The SMILES string of the molecule is C=C(C(=CC)OC)c1cc(Oc2cc(O)c(C(C)C)cc2-c2noc(NC(C)=O)c2-c2ccc(C)cc2)c2ccccc2c1. The number of hydrogen-bond acceptors (Lipinski definition) is 6. The number of methoxy groups -OCH3 is 1. The van der Waals surface area contributed by atoms with Gasteiger partial charge < -0.3 is 19.1 Å². The molecule has 0 atom stereocenters. The van der Waals surface area contributed by atoms with Gasteiger partial charge in [0.15, 0.2) is 0 Å². The summed E-state index contributed by atoms with van der Waals surface area (Å²) in [4.78, 5) is 12.1. The number of carbonyl (C=O) groups excluding carboxylic acids is 1. The molecular weight excluding hydrogens is 552 g/mol. The van der Waals surface area contributed by atoms with Crippen molar-refractivity contribution in [1.29, 1.82) is 0 Å². The van der Waals surface area contributed by atoms with Crippen molar-refractivity contribution in [2.45, 2.75) is 40.5 Å². The molecule has 0 radical (unpaired) electrons. The summed E-state index contributed by atoms with van der Waals surface area (Å²) in [7, 11) is 1.61. The van der Waals surface area contributed by atoms with Crippen LogP contribution in [0.2, 0.25) is 0 Å². The van der Waals surface area contributed by atoms with Gasteiger partial charge in [0, 0.05) is 29.5 Å². The van der Waals surface area contributed by atoms with Crippen molar-refractivity contribution in [1.82, 2.24) is 5.16 Å². The number of nitrogens with zero attached hydrogens (tertiary/aromatic N) is 1. The van der Waals surface area contributed by atoms with Crippen LogP contribution in [0.5, 0.6) is 17.2 Å². The van der Waals surface area contributed by atoms with Crippen LogP contribution >= 0.6 is 0 Å². The van der Waals surface area contributed by atoms with Gasteiger partial charge >= 0.3 is 0 Å². The van der Waals surface area contributed by atoms with Gasteiger partial charge in [-0.3, -0.25) is 10.1 Å². The number of fused-ring (bicyclic) bond motifs is 1. The maximum Gasteiger partial charge on any atom is 0.239 e. The van der Waals surface area contributed by atoms with E-state index < -0.39 is 0 Å². The molecule has 0 bridgehead atoms. The molecule has 7 nitrogen and oxygen atoms in total. The first kappa shape index (κ1) is 30.2. The van der Waals surface area contributed by atoms with Gasteiger partial charge in [-0.2, -0.15) is 0 Å². The monoisotopic (exact) mass is 588 g/mol. The number of nitrogens with one attached hydrogen (secondary N) is 1. The van der Waals surface area contributed by atoms with Crippen molar-refractivity contribution in [3.05, 3.63) is 108 Å². The normalized spacial score (nSPS) is 11.6. The van der Waals surface area contributed by atoms with Gasteiger partial charge in [0.2, 0.25) is 11.8 Å². The summed E-state index contributed by atoms with van der Waals surface area (Å²) in [6.45, 7) is 13.6. The number of allylic oxidation sites excluding steroid dienone is 2. The summed E-state index contributed by atoms with van der Waals surface area (Å²) < 4.78 is 18.0. The third-order valence-electron chi connectivity index (χ3n) is 7.50. The number of phenolic OH excluding ortho intramolecular Hbond substituents is 1. The zero-order valence-corrected chi connectivity index (χ0v) is 25.8. The average Bonchev–Trinajstić information content (AvgIpc) is 3.40. The van der Waals surface area contributed by atoms with Crippen LogP contribution in [0.4, 0.5) is 5.88 Å². The number of aryl methyl sites for hydroxylation is 1. The zero-order chi connectivity index (χ0) is 31.5. The van der Waals surface area contributed by atoms with Crippen LogP contribution in [0.25, 0.3) is 38.7 Å². The average molecular weight is 589 g/mol. The van der Waals surface area contributed by atoms with Crippen molar-refractivity contribution in [3.8, 4) is 39.6 Å². The summed E-state index contributed by atoms with van der Waals surface area (Å²) >= 11 is 0. The highest BCUT2D eigenvalue weighted by molar-refractivity contribution is 5.98. The number of anilines is 1. The van der Waals surface area contributed by atoms with Gasteiger partial charge in [0.25, 0.3) is 0 Å². The minimum atomic E-state index is -0.286. The molecule has 5 rings (SSSR count). The maximum absolute atomic E-state index is 12.1. The molecule has 2 N–H and O–H groups in total. The largest absolute Gasteiger partial charge is 0.508 e. The molecule has 224 valence electrons. The molecule has 0 aliphatic rings. The number of hydrogen-bond donors (Lipinski definition) is 2. The lowest BCUT2D eigenvalue weighted by molar-refractivity contribution is -0.114. The minimum absolute atomic E-state index is 0.00752. The molecule has 0 saturated heterocycles. The summed E-state index contributed by atoms with van der Waals surface area (Å²) in [5, 5.41) is 20.2. The number of amides is 1. The van der Waals surface area contributed by atoms with E-state index in [4.69, 9.17) is 14.0 Å². The summed E-state index contributed by atoms with van der Waals surface area (Å²) in [5.41, 5.74) is 5.83. The van der Waals surface area contributed by atoms with Gasteiger partial charge in [0.05, 0.1) is 12.7 Å². The Morgan fingerprint density at radius 1 is 1.05 bits per heavy atom. The topological polar surface area (TPSA) is 93.8 Å². The highest BCUT2D eigenvalue weighted by atomic mass is 16.5. The molecule has 1 amide bonds. The number of ether oxygens (including phenoxy) is 2. The van der Waals surface area contributed by atoms with Gasteiger partial charge in [-0.1, -0.05) is 79.7 Å². The molecule has 0 fully saturated rings. The number of rotatable bonds is 9. The maximum atomic E-state index is 12.1. The number of carbonyl (C=O) groups is 1. The highest BCUT2D eigenvalue weighted by Gasteiger charge is 2.26. The first-order chi connectivity index (χ1) is 21.1. The van der Waals surface area contributed by atoms with E-state index in [1.54, 1.807) is 13.2 Å². The Balaban J connectivity index is 1.75. The van der Waals surface area contributed by atoms with Crippen LogP contribution in [0.15, 0.2) is 95.7 Å². The Labute approximate surface area is 257 Å². The van der Waals surface area contributed by atoms with Gasteiger partial charge in [0.1, 0.15) is 28.7 Å². The van der Waals surface area contributed by atoms with E-state index in [9.17, 15) is 9.90 Å². The Kier molecular flexibility index (Phi) is 8.58. The third-order valence-corrected chi connectivity index (χ3v) is 7.50. The molecule has 7 heteroatoms. The lowest BCUT2D eigenvalue weighted by atomic mass is 9.94. The van der Waals surface area contributed by atoms with E-state index in [0.29, 0.717) is 39.7 Å². The molecular formula is C37H36N2O5. The Bertz CT molecular complexity index is 1900. The van der Waals surface area contributed by atoms with Crippen molar-refractivity contribution < 1.29 is 23.9 Å². The highest BCUT2D eigenvalue weighted by Crippen LogP contribution is 2.46. The van der Waals surface area contributed by atoms with E-state index in [1.165, 1.54) is 6.92 Å². The van der Waals surface area contributed by atoms with Gasteiger partial charge in [-0.15, -0.1) is 0 Å². The predicted octanol–water partition coefficient (Wildman–Crippen LogP) is 9.61. The van der Waals surface area contributed by atoms with Crippen molar-refractivity contribution in [2.75, 3.05) is 12.4 Å². The van der Waals surface area contributed by atoms with E-state index in [-0.39, 0.29) is 23.5 Å². The lowest BCUT2D eigenvalue weighted by Crippen LogP contribution is -2.05. The lowest BCUT2D eigenvalue weighted by Gasteiger charge is -2.18. The molecule has 1 heterocycles. The summed E-state index contributed by atoms with van der Waals surface area (Å²) in [6.07, 6.45) is 1.86. The molecule has 0 saturated carbocycles. The van der Waals surface area contributed by atoms with Crippen LogP contribution in [0.3, 0.4) is 0 Å². The van der Waals surface area contributed by atoms with E-state index in [0.717, 1.165) is 33.0 Å². The fourth-order valence-electron chi connectivity index (χ4n) is 5.24. The molecule has 4 aromatic carbocycles. The molecule has 0 aliphatic heterocycles. The fraction of sp³-hybridized carbons (Fsp3) is 0.189. The number of phenols is 1. The van der Waals surface area contributed by atoms with E-state index in [1.807, 2.05) is 101 Å². The smallest absolute Gasteiger partial charge is 0.239 e. The predicted molar refractivity (Wildman–Crippen MR) is 176 cm³/mol. The van der Waals surface area contributed by atoms with Crippen LogP contribution < -0.4 is 10.1 Å². The molecule has 0 unspecified atom stereocenters. The van der Waals surface area contributed by atoms with E-state index >= 15 is 0 Å². The van der Waals surface area contributed by atoms with Gasteiger partial charge in [-0.05, 0) is 66.1 Å². The quantitative estimate of drug-likeness (QED) is 0.132. The second-order valence-electron chi connectivity index (χ2n) is 11.0.